The third-order valence-corrected chi connectivity index (χ3v) is 9.20. The van der Waals surface area contributed by atoms with E-state index in [2.05, 4.69) is 10.6 Å². The van der Waals surface area contributed by atoms with Gasteiger partial charge in [-0.25, -0.2) is 0 Å². The van der Waals surface area contributed by atoms with Crippen LogP contribution in [-0.4, -0.2) is 123 Å². The Morgan fingerprint density at radius 2 is 1.08 bits per heavy atom. The van der Waals surface area contributed by atoms with Gasteiger partial charge in [0.2, 0.25) is 47.3 Å². The molecule has 14 nitrogen and oxygen atoms in total. The normalized spacial score (nSPS) is 23.4. The third kappa shape index (κ3) is 7.50. The molecule has 3 aliphatic rings. The van der Waals surface area contributed by atoms with Crippen molar-refractivity contribution >= 4 is 70.8 Å². The Morgan fingerprint density at radius 1 is 0.692 bits per heavy atom. The van der Waals surface area contributed by atoms with Gasteiger partial charge in [0.05, 0.1) is 23.6 Å². The minimum atomic E-state index is -0.658. The maximum absolute atomic E-state index is 13.4. The summed E-state index contributed by atoms with van der Waals surface area (Å²) < 4.78 is 0. The van der Waals surface area contributed by atoms with Crippen LogP contribution in [0.1, 0.15) is 38.5 Å². The molecular weight excluding hydrogens is 552 g/mol. The van der Waals surface area contributed by atoms with E-state index in [1.165, 1.54) is 37.6 Å². The summed E-state index contributed by atoms with van der Waals surface area (Å²) in [6, 6.07) is 0. The fourth-order valence-corrected chi connectivity index (χ4v) is 7.03. The molecule has 8 amide bonds. The van der Waals surface area contributed by atoms with Crippen molar-refractivity contribution in [3.05, 3.63) is 0 Å². The molecule has 3 fully saturated rings. The molecule has 0 aliphatic carbocycles. The number of thioether (sulfide) groups is 2. The van der Waals surface area contributed by atoms with E-state index in [0.29, 0.717) is 5.08 Å². The van der Waals surface area contributed by atoms with Gasteiger partial charge >= 0.3 is 0 Å². The fraction of sp³-hybridized carbons (Fsp3) is 0.652. The van der Waals surface area contributed by atoms with Crippen molar-refractivity contribution < 1.29 is 38.4 Å². The molecular formula is C23H32N6O8S2. The number of imide groups is 2. The van der Waals surface area contributed by atoms with Crippen molar-refractivity contribution in [1.82, 2.24) is 30.5 Å². The van der Waals surface area contributed by atoms with E-state index in [1.54, 1.807) is 0 Å². The van der Waals surface area contributed by atoms with Gasteiger partial charge in [-0.05, 0) is 0 Å². The molecule has 0 aromatic carbocycles. The molecule has 3 rings (SSSR count). The lowest BCUT2D eigenvalue weighted by atomic mass is 10.3. The van der Waals surface area contributed by atoms with Crippen LogP contribution in [-0.2, 0) is 38.4 Å². The predicted octanol–water partition coefficient (Wildman–Crippen LogP) is -1.70. The van der Waals surface area contributed by atoms with Gasteiger partial charge in [0, 0.05) is 70.8 Å². The fourth-order valence-electron chi connectivity index (χ4n) is 4.34. The quantitative estimate of drug-likeness (QED) is 0.343. The van der Waals surface area contributed by atoms with Crippen molar-refractivity contribution in [3.63, 3.8) is 0 Å². The summed E-state index contributed by atoms with van der Waals surface area (Å²) in [5.74, 6) is -3.80. The molecule has 0 spiro atoms. The molecule has 4 bridgehead atoms. The highest BCUT2D eigenvalue weighted by Crippen LogP contribution is 2.33. The van der Waals surface area contributed by atoms with Gasteiger partial charge in [-0.15, -0.1) is 23.5 Å². The first-order valence-corrected chi connectivity index (χ1v) is 14.6. The summed E-state index contributed by atoms with van der Waals surface area (Å²) in [6.45, 7) is -0.812. The molecule has 0 aromatic heterocycles. The second-order valence-corrected chi connectivity index (χ2v) is 11.7. The number of carbonyl (C=O) groups is 8. The van der Waals surface area contributed by atoms with E-state index in [0.717, 1.165) is 19.8 Å². The number of amides is 8. The van der Waals surface area contributed by atoms with E-state index in [1.807, 2.05) is 0 Å². The van der Waals surface area contributed by atoms with E-state index >= 15 is 0 Å². The highest BCUT2D eigenvalue weighted by molar-refractivity contribution is 8.17. The van der Waals surface area contributed by atoms with Gasteiger partial charge < -0.3 is 10.6 Å². The first kappa shape index (κ1) is 30.4. The first-order valence-electron chi connectivity index (χ1n) is 12.5. The summed E-state index contributed by atoms with van der Waals surface area (Å²) in [7, 11) is 2.84. The third-order valence-electron chi connectivity index (χ3n) is 6.57. The van der Waals surface area contributed by atoms with Gasteiger partial charge in [-0.1, -0.05) is 0 Å². The topological polar surface area (TPSA) is 174 Å². The Balaban J connectivity index is 1.92. The summed E-state index contributed by atoms with van der Waals surface area (Å²) in [4.78, 5) is 104. The molecule has 3 aliphatic heterocycles. The van der Waals surface area contributed by atoms with Crippen LogP contribution in [0.3, 0.4) is 0 Å². The lowest BCUT2D eigenvalue weighted by molar-refractivity contribution is -0.166. The van der Waals surface area contributed by atoms with Crippen LogP contribution in [0.4, 0.5) is 0 Å². The van der Waals surface area contributed by atoms with Gasteiger partial charge in [0.25, 0.3) is 0 Å². The minimum Gasteiger partial charge on any atom is -0.359 e. The first-order chi connectivity index (χ1) is 18.6. The number of rotatable bonds is 6. The maximum atomic E-state index is 13.4. The van der Waals surface area contributed by atoms with Gasteiger partial charge in [-0.2, -0.15) is 0 Å². The minimum absolute atomic E-state index is 0.0426. The zero-order chi connectivity index (χ0) is 28.7. The van der Waals surface area contributed by atoms with Gasteiger partial charge in [0.1, 0.15) is 0 Å². The number of hydrogen-bond acceptors (Lipinski definition) is 10. The van der Waals surface area contributed by atoms with E-state index in [-0.39, 0.29) is 64.7 Å². The monoisotopic (exact) mass is 584 g/mol. The number of nitrogens with zero attached hydrogens (tertiary/aromatic N) is 4. The van der Waals surface area contributed by atoms with Crippen molar-refractivity contribution in [1.29, 1.82) is 0 Å². The number of fused-ring (bicyclic) bond motifs is 4. The average Bonchev–Trinajstić information content (AvgIpc) is 3.34. The number of hydrazine groups is 1. The summed E-state index contributed by atoms with van der Waals surface area (Å²) in [5, 5.41) is 5.96. The van der Waals surface area contributed by atoms with Crippen molar-refractivity contribution in [2.45, 2.75) is 49.0 Å². The highest BCUT2D eigenvalue weighted by atomic mass is 32.2. The van der Waals surface area contributed by atoms with Crippen LogP contribution < -0.4 is 10.6 Å². The molecule has 2 atom stereocenters. The van der Waals surface area contributed by atoms with E-state index in [9.17, 15) is 38.4 Å². The standard InChI is InChI=1S/C23H32N6O8S2/c1-24-16(30)3-9-28-18(32)5-7-26-20(34)11-14(22(26)36)38-13-39-15-12-21(35)27(23(15)37)8-6-19(33)29(28)10-4-17(31)25-2/h14-15H,3-13H2,1-2H3,(H,24,30)(H,25,31). The van der Waals surface area contributed by atoms with Crippen LogP contribution in [0.15, 0.2) is 0 Å². The summed E-state index contributed by atoms with van der Waals surface area (Å²) in [6.07, 6.45) is -1.00. The molecule has 0 radical (unpaired) electrons. The zero-order valence-corrected chi connectivity index (χ0v) is 23.4. The van der Waals surface area contributed by atoms with Crippen LogP contribution in [0.2, 0.25) is 0 Å². The average molecular weight is 585 g/mol. The Kier molecular flexibility index (Phi) is 10.7. The summed E-state index contributed by atoms with van der Waals surface area (Å²) in [5.41, 5.74) is 0. The molecule has 3 saturated heterocycles. The maximum Gasteiger partial charge on any atom is 0.242 e. The Labute approximate surface area is 233 Å². The van der Waals surface area contributed by atoms with Gasteiger partial charge in [0.15, 0.2) is 0 Å². The lowest BCUT2D eigenvalue weighted by Crippen LogP contribution is -2.53. The van der Waals surface area contributed by atoms with E-state index < -0.39 is 57.8 Å². The van der Waals surface area contributed by atoms with Crippen LogP contribution in [0.5, 0.6) is 0 Å². The van der Waals surface area contributed by atoms with Crippen molar-refractivity contribution in [2.24, 2.45) is 0 Å². The second-order valence-electron chi connectivity index (χ2n) is 8.98. The Hall–Kier alpha value is -3.14. The Bertz CT molecular complexity index is 976. The van der Waals surface area contributed by atoms with Crippen LogP contribution in [0.25, 0.3) is 0 Å². The van der Waals surface area contributed by atoms with Gasteiger partial charge in [-0.3, -0.25) is 58.2 Å². The molecule has 3 heterocycles. The number of hydrogen-bond donors (Lipinski definition) is 2. The van der Waals surface area contributed by atoms with E-state index in [4.69, 9.17) is 0 Å². The second kappa shape index (κ2) is 13.8. The van der Waals surface area contributed by atoms with Crippen molar-refractivity contribution in [3.8, 4) is 0 Å². The molecule has 2 unspecified atom stereocenters. The Morgan fingerprint density at radius 3 is 1.44 bits per heavy atom. The molecule has 0 saturated carbocycles. The molecule has 0 aromatic rings. The SMILES string of the molecule is CNC(=O)CCN1C(=O)CCN2C(=O)CC(SCSC3CC(=O)N(CCC(=O)N1CCC(=O)NC)C3=O)C2=O. The number of nitrogens with one attached hydrogen (secondary N) is 2. The molecule has 39 heavy (non-hydrogen) atoms. The lowest BCUT2D eigenvalue weighted by Gasteiger charge is -2.35. The van der Waals surface area contributed by atoms with Crippen molar-refractivity contribution in [2.75, 3.05) is 45.4 Å². The molecule has 2 N–H and O–H groups in total. The summed E-state index contributed by atoms with van der Waals surface area (Å²) >= 11 is 2.42. The van der Waals surface area contributed by atoms with Crippen LogP contribution in [0, 0.1) is 0 Å². The number of carbonyl (C=O) groups excluding carboxylic acids is 8. The predicted molar refractivity (Wildman–Crippen MR) is 140 cm³/mol. The smallest absolute Gasteiger partial charge is 0.242 e. The largest absolute Gasteiger partial charge is 0.359 e. The highest BCUT2D eigenvalue weighted by Gasteiger charge is 2.42. The van der Waals surface area contributed by atoms with Crippen LogP contribution >= 0.6 is 23.5 Å². The molecule has 214 valence electrons. The molecule has 16 heteroatoms. The zero-order valence-electron chi connectivity index (χ0n) is 21.8.